The SMILES string of the molecule is O=C1ON=C(c2ccc([N+](=O)[O-])cc2)C1=Cc1ccccc1F. The van der Waals surface area contributed by atoms with Crippen molar-refractivity contribution in [3.63, 3.8) is 0 Å². The van der Waals surface area contributed by atoms with Crippen LogP contribution in [0.15, 0.2) is 59.3 Å². The molecule has 0 spiro atoms. The van der Waals surface area contributed by atoms with E-state index < -0.39 is 16.7 Å². The number of oxime groups is 1. The van der Waals surface area contributed by atoms with Crippen LogP contribution in [-0.2, 0) is 9.63 Å². The molecule has 0 aromatic heterocycles. The van der Waals surface area contributed by atoms with Crippen LogP contribution in [0, 0.1) is 15.9 Å². The van der Waals surface area contributed by atoms with E-state index in [1.54, 1.807) is 6.07 Å². The second kappa shape index (κ2) is 5.80. The van der Waals surface area contributed by atoms with Crippen LogP contribution < -0.4 is 0 Å². The maximum atomic E-state index is 13.7. The zero-order valence-corrected chi connectivity index (χ0v) is 11.6. The predicted octanol–water partition coefficient (Wildman–Crippen LogP) is 3.08. The first-order valence-electron chi connectivity index (χ1n) is 6.57. The van der Waals surface area contributed by atoms with E-state index >= 15 is 0 Å². The van der Waals surface area contributed by atoms with Gasteiger partial charge in [0.1, 0.15) is 11.5 Å². The third-order valence-corrected chi connectivity index (χ3v) is 3.25. The van der Waals surface area contributed by atoms with E-state index in [9.17, 15) is 19.3 Å². The molecule has 23 heavy (non-hydrogen) atoms. The van der Waals surface area contributed by atoms with Gasteiger partial charge in [-0.1, -0.05) is 23.4 Å². The van der Waals surface area contributed by atoms with E-state index in [1.165, 1.54) is 48.5 Å². The molecule has 0 aliphatic carbocycles. The molecule has 6 nitrogen and oxygen atoms in total. The Morgan fingerprint density at radius 3 is 2.48 bits per heavy atom. The molecule has 0 unspecified atom stereocenters. The number of hydrogen-bond donors (Lipinski definition) is 0. The topological polar surface area (TPSA) is 81.8 Å². The predicted molar refractivity (Wildman–Crippen MR) is 80.1 cm³/mol. The molecule has 1 heterocycles. The van der Waals surface area contributed by atoms with Gasteiger partial charge in [-0.3, -0.25) is 10.1 Å². The number of halogens is 1. The van der Waals surface area contributed by atoms with Crippen molar-refractivity contribution in [1.82, 2.24) is 0 Å². The van der Waals surface area contributed by atoms with E-state index in [2.05, 4.69) is 9.99 Å². The van der Waals surface area contributed by atoms with Crippen LogP contribution in [0.25, 0.3) is 6.08 Å². The van der Waals surface area contributed by atoms with Crippen LogP contribution in [0.4, 0.5) is 10.1 Å². The molecular weight excluding hydrogens is 303 g/mol. The summed E-state index contributed by atoms with van der Waals surface area (Å²) < 4.78 is 13.7. The number of carbonyl (C=O) groups is 1. The monoisotopic (exact) mass is 312 g/mol. The number of benzene rings is 2. The molecule has 0 fully saturated rings. The molecule has 3 rings (SSSR count). The highest BCUT2D eigenvalue weighted by Crippen LogP contribution is 2.23. The lowest BCUT2D eigenvalue weighted by Crippen LogP contribution is -2.07. The van der Waals surface area contributed by atoms with Crippen LogP contribution >= 0.6 is 0 Å². The fraction of sp³-hybridized carbons (Fsp3) is 0. The summed E-state index contributed by atoms with van der Waals surface area (Å²) >= 11 is 0. The average Bonchev–Trinajstić information content (AvgIpc) is 2.91. The molecule has 1 aliphatic heterocycles. The molecule has 0 radical (unpaired) electrons. The van der Waals surface area contributed by atoms with Crippen LogP contribution in [0.1, 0.15) is 11.1 Å². The summed E-state index contributed by atoms with van der Waals surface area (Å²) in [4.78, 5) is 26.6. The van der Waals surface area contributed by atoms with Gasteiger partial charge in [0.15, 0.2) is 0 Å². The molecule has 0 bridgehead atoms. The minimum Gasteiger partial charge on any atom is -0.312 e. The van der Waals surface area contributed by atoms with E-state index in [1.807, 2.05) is 0 Å². The van der Waals surface area contributed by atoms with Gasteiger partial charge in [0.05, 0.1) is 10.5 Å². The third-order valence-electron chi connectivity index (χ3n) is 3.25. The lowest BCUT2D eigenvalue weighted by atomic mass is 10.0. The number of nitro benzene ring substituents is 1. The Kier molecular flexibility index (Phi) is 3.68. The molecule has 0 saturated heterocycles. The fourth-order valence-electron chi connectivity index (χ4n) is 2.11. The molecule has 2 aromatic carbocycles. The standard InChI is InChI=1S/C16H9FN2O4/c17-14-4-2-1-3-11(14)9-13-15(18-23-16(13)20)10-5-7-12(8-6-10)19(21)22/h1-9H. The normalized spacial score (nSPS) is 15.4. The highest BCUT2D eigenvalue weighted by molar-refractivity contribution is 6.31. The zero-order valence-electron chi connectivity index (χ0n) is 11.6. The van der Waals surface area contributed by atoms with Crippen molar-refractivity contribution in [2.24, 2.45) is 5.16 Å². The first-order chi connectivity index (χ1) is 11.1. The second-order valence-electron chi connectivity index (χ2n) is 4.70. The molecule has 1 aliphatic rings. The third kappa shape index (κ3) is 2.84. The lowest BCUT2D eigenvalue weighted by Gasteiger charge is -2.01. The van der Waals surface area contributed by atoms with Crippen molar-refractivity contribution in [3.8, 4) is 0 Å². The summed E-state index contributed by atoms with van der Waals surface area (Å²) in [6.45, 7) is 0. The molecule has 7 heteroatoms. The van der Waals surface area contributed by atoms with Crippen molar-refractivity contribution >= 4 is 23.4 Å². The lowest BCUT2D eigenvalue weighted by molar-refractivity contribution is -0.384. The smallest absolute Gasteiger partial charge is 0.312 e. The number of carbonyl (C=O) groups excluding carboxylic acids is 1. The molecule has 114 valence electrons. The zero-order chi connectivity index (χ0) is 16.4. The Labute approximate surface area is 129 Å². The number of nitrogens with zero attached hydrogens (tertiary/aromatic N) is 2. The van der Waals surface area contributed by atoms with E-state index in [4.69, 9.17) is 0 Å². The minimum atomic E-state index is -0.707. The quantitative estimate of drug-likeness (QED) is 0.377. The van der Waals surface area contributed by atoms with Crippen molar-refractivity contribution in [3.05, 3.63) is 81.2 Å². The molecule has 0 amide bonds. The maximum Gasteiger partial charge on any atom is 0.368 e. The van der Waals surface area contributed by atoms with Gasteiger partial charge in [-0.15, -0.1) is 0 Å². The summed E-state index contributed by atoms with van der Waals surface area (Å²) in [5, 5.41) is 14.3. The number of hydrogen-bond acceptors (Lipinski definition) is 5. The number of nitro groups is 1. The molecule has 0 atom stereocenters. The highest BCUT2D eigenvalue weighted by atomic mass is 19.1. The maximum absolute atomic E-state index is 13.7. The van der Waals surface area contributed by atoms with Crippen LogP contribution in [0.2, 0.25) is 0 Å². The van der Waals surface area contributed by atoms with Gasteiger partial charge in [0.25, 0.3) is 5.69 Å². The van der Waals surface area contributed by atoms with E-state index in [-0.39, 0.29) is 22.5 Å². The minimum absolute atomic E-state index is 0.0841. The van der Waals surface area contributed by atoms with Crippen molar-refractivity contribution in [2.75, 3.05) is 0 Å². The van der Waals surface area contributed by atoms with Crippen LogP contribution in [0.5, 0.6) is 0 Å². The molecule has 2 aromatic rings. The molecule has 0 N–H and O–H groups in total. The van der Waals surface area contributed by atoms with E-state index in [0.29, 0.717) is 5.56 Å². The Morgan fingerprint density at radius 1 is 1.13 bits per heavy atom. The van der Waals surface area contributed by atoms with Crippen LogP contribution in [-0.4, -0.2) is 16.6 Å². The van der Waals surface area contributed by atoms with Gasteiger partial charge in [-0.2, -0.15) is 0 Å². The first kappa shape index (κ1) is 14.6. The van der Waals surface area contributed by atoms with Crippen molar-refractivity contribution < 1.29 is 18.9 Å². The Morgan fingerprint density at radius 2 is 1.83 bits per heavy atom. The summed E-state index contributed by atoms with van der Waals surface area (Å²) in [6.07, 6.45) is 1.34. The van der Waals surface area contributed by atoms with Gasteiger partial charge in [-0.05, 0) is 24.3 Å². The number of rotatable bonds is 3. The Bertz CT molecular complexity index is 857. The summed E-state index contributed by atoms with van der Waals surface area (Å²) in [6, 6.07) is 11.5. The van der Waals surface area contributed by atoms with Crippen LogP contribution in [0.3, 0.4) is 0 Å². The molecule has 0 saturated carbocycles. The van der Waals surface area contributed by atoms with E-state index in [0.717, 1.165) is 0 Å². The summed E-state index contributed by atoms with van der Waals surface area (Å²) in [5.74, 6) is -1.19. The van der Waals surface area contributed by atoms with Gasteiger partial charge < -0.3 is 4.84 Å². The van der Waals surface area contributed by atoms with Crippen molar-refractivity contribution in [1.29, 1.82) is 0 Å². The first-order valence-corrected chi connectivity index (χ1v) is 6.57. The summed E-state index contributed by atoms with van der Waals surface area (Å²) in [7, 11) is 0. The fourth-order valence-corrected chi connectivity index (χ4v) is 2.11. The number of non-ortho nitro benzene ring substituents is 1. The largest absolute Gasteiger partial charge is 0.368 e. The van der Waals surface area contributed by atoms with Gasteiger partial charge in [0, 0.05) is 23.3 Å². The highest BCUT2D eigenvalue weighted by Gasteiger charge is 2.27. The molecular formula is C16H9FN2O4. The Balaban J connectivity index is 2.00. The van der Waals surface area contributed by atoms with Gasteiger partial charge in [0.2, 0.25) is 0 Å². The summed E-state index contributed by atoms with van der Waals surface area (Å²) in [5.41, 5.74) is 0.885. The Hall–Kier alpha value is -3.35. The van der Waals surface area contributed by atoms with Crippen molar-refractivity contribution in [2.45, 2.75) is 0 Å². The van der Waals surface area contributed by atoms with Gasteiger partial charge in [-0.25, -0.2) is 9.18 Å². The van der Waals surface area contributed by atoms with Gasteiger partial charge >= 0.3 is 5.97 Å². The second-order valence-corrected chi connectivity index (χ2v) is 4.70. The average molecular weight is 312 g/mol.